The Balaban J connectivity index is 2.35. The Kier molecular flexibility index (Phi) is 3.94. The van der Waals surface area contributed by atoms with Crippen molar-refractivity contribution < 1.29 is 14.3 Å². The zero-order valence-corrected chi connectivity index (χ0v) is 11.7. The SMILES string of the molecule is CCc1c(C(=O)O)nnn1Cc1ccc(F)cc1Br. The largest absolute Gasteiger partial charge is 0.476 e. The van der Waals surface area contributed by atoms with Crippen molar-refractivity contribution >= 4 is 21.9 Å². The third-order valence-electron chi connectivity index (χ3n) is 2.71. The highest BCUT2D eigenvalue weighted by atomic mass is 79.9. The van der Waals surface area contributed by atoms with Gasteiger partial charge in [-0.15, -0.1) is 5.10 Å². The van der Waals surface area contributed by atoms with Crippen LogP contribution in [0.5, 0.6) is 0 Å². The number of hydrogen-bond acceptors (Lipinski definition) is 3. The number of carboxylic acids is 1. The minimum atomic E-state index is -1.10. The summed E-state index contributed by atoms with van der Waals surface area (Å²) in [6.07, 6.45) is 0.507. The summed E-state index contributed by atoms with van der Waals surface area (Å²) >= 11 is 3.27. The monoisotopic (exact) mass is 327 g/mol. The summed E-state index contributed by atoms with van der Waals surface area (Å²) in [5.74, 6) is -1.43. The third kappa shape index (κ3) is 2.81. The zero-order valence-electron chi connectivity index (χ0n) is 10.1. The molecule has 0 aliphatic rings. The van der Waals surface area contributed by atoms with Crippen molar-refractivity contribution in [2.45, 2.75) is 19.9 Å². The standard InChI is InChI=1S/C12H11BrFN3O2/c1-2-10-11(12(18)19)15-16-17(10)6-7-3-4-8(14)5-9(7)13/h3-5H,2,6H2,1H3,(H,18,19). The van der Waals surface area contributed by atoms with Gasteiger partial charge in [0.05, 0.1) is 12.2 Å². The van der Waals surface area contributed by atoms with Crippen LogP contribution in [-0.4, -0.2) is 26.1 Å². The smallest absolute Gasteiger partial charge is 0.358 e. The second-order valence-electron chi connectivity index (χ2n) is 3.94. The maximum Gasteiger partial charge on any atom is 0.358 e. The van der Waals surface area contributed by atoms with Gasteiger partial charge >= 0.3 is 5.97 Å². The van der Waals surface area contributed by atoms with Crippen LogP contribution < -0.4 is 0 Å². The van der Waals surface area contributed by atoms with Gasteiger partial charge in [0.25, 0.3) is 0 Å². The summed E-state index contributed by atoms with van der Waals surface area (Å²) in [6.45, 7) is 2.17. The van der Waals surface area contributed by atoms with Gasteiger partial charge < -0.3 is 5.11 Å². The van der Waals surface area contributed by atoms with E-state index in [1.807, 2.05) is 6.92 Å². The van der Waals surface area contributed by atoms with Gasteiger partial charge in [-0.05, 0) is 24.1 Å². The summed E-state index contributed by atoms with van der Waals surface area (Å²) in [4.78, 5) is 11.0. The predicted octanol–water partition coefficient (Wildman–Crippen LogP) is 2.49. The van der Waals surface area contributed by atoms with Crippen molar-refractivity contribution in [3.8, 4) is 0 Å². The molecule has 19 heavy (non-hydrogen) atoms. The highest BCUT2D eigenvalue weighted by Crippen LogP contribution is 2.20. The van der Waals surface area contributed by atoms with Crippen LogP contribution in [0.15, 0.2) is 22.7 Å². The van der Waals surface area contributed by atoms with Crippen LogP contribution in [0.25, 0.3) is 0 Å². The Hall–Kier alpha value is -1.76. The quantitative estimate of drug-likeness (QED) is 0.936. The second kappa shape index (κ2) is 5.48. The van der Waals surface area contributed by atoms with Crippen molar-refractivity contribution in [1.29, 1.82) is 0 Å². The van der Waals surface area contributed by atoms with Gasteiger partial charge in [0.1, 0.15) is 5.82 Å². The number of carboxylic acid groups (broad SMARTS) is 1. The van der Waals surface area contributed by atoms with E-state index < -0.39 is 5.97 Å². The van der Waals surface area contributed by atoms with E-state index in [9.17, 15) is 9.18 Å². The van der Waals surface area contributed by atoms with Gasteiger partial charge in [-0.25, -0.2) is 13.9 Å². The number of hydrogen-bond donors (Lipinski definition) is 1. The molecule has 1 N–H and O–H groups in total. The van der Waals surface area contributed by atoms with Gasteiger partial charge in [-0.2, -0.15) is 0 Å². The Morgan fingerprint density at radius 2 is 2.26 bits per heavy atom. The van der Waals surface area contributed by atoms with Crippen LogP contribution >= 0.6 is 15.9 Å². The Labute approximate surface area is 117 Å². The lowest BCUT2D eigenvalue weighted by molar-refractivity contribution is 0.0689. The van der Waals surface area contributed by atoms with Gasteiger partial charge in [-0.3, -0.25) is 0 Å². The van der Waals surface area contributed by atoms with Crippen molar-refractivity contribution in [3.05, 3.63) is 45.4 Å². The molecule has 1 aromatic heterocycles. The normalized spacial score (nSPS) is 10.7. The number of aromatic carboxylic acids is 1. The minimum absolute atomic E-state index is 0.0410. The van der Waals surface area contributed by atoms with E-state index in [1.54, 1.807) is 6.07 Å². The predicted molar refractivity (Wildman–Crippen MR) is 69.6 cm³/mol. The Morgan fingerprint density at radius 1 is 1.53 bits per heavy atom. The van der Waals surface area contributed by atoms with Crippen LogP contribution in [0.1, 0.15) is 28.7 Å². The van der Waals surface area contributed by atoms with Crippen molar-refractivity contribution in [2.24, 2.45) is 0 Å². The molecule has 0 unspecified atom stereocenters. The molecule has 0 atom stereocenters. The number of rotatable bonds is 4. The molecule has 0 aliphatic carbocycles. The average Bonchev–Trinajstić information content (AvgIpc) is 2.75. The zero-order chi connectivity index (χ0) is 14.0. The fraction of sp³-hybridized carbons (Fsp3) is 0.250. The number of aromatic nitrogens is 3. The number of carbonyl (C=O) groups is 1. The molecular weight excluding hydrogens is 317 g/mol. The molecule has 0 spiro atoms. The van der Waals surface area contributed by atoms with E-state index in [2.05, 4.69) is 26.2 Å². The number of nitrogens with zero attached hydrogens (tertiary/aromatic N) is 3. The van der Waals surface area contributed by atoms with Crippen molar-refractivity contribution in [3.63, 3.8) is 0 Å². The third-order valence-corrected chi connectivity index (χ3v) is 3.45. The van der Waals surface area contributed by atoms with Crippen molar-refractivity contribution in [2.75, 3.05) is 0 Å². The molecule has 0 fully saturated rings. The van der Waals surface area contributed by atoms with E-state index in [-0.39, 0.29) is 11.5 Å². The first kappa shape index (κ1) is 13.7. The van der Waals surface area contributed by atoms with Gasteiger partial charge in [0, 0.05) is 4.47 Å². The van der Waals surface area contributed by atoms with Crippen molar-refractivity contribution in [1.82, 2.24) is 15.0 Å². The van der Waals surface area contributed by atoms with Gasteiger partial charge in [-0.1, -0.05) is 34.1 Å². The molecule has 0 bridgehead atoms. The molecule has 1 heterocycles. The molecule has 0 saturated heterocycles. The Bertz CT molecular complexity index is 627. The number of halogens is 2. The van der Waals surface area contributed by atoms with E-state index in [0.29, 0.717) is 23.1 Å². The molecule has 7 heteroatoms. The van der Waals surface area contributed by atoms with E-state index in [4.69, 9.17) is 5.11 Å². The first-order valence-corrected chi connectivity index (χ1v) is 6.41. The molecule has 0 saturated carbocycles. The summed E-state index contributed by atoms with van der Waals surface area (Å²) in [6, 6.07) is 4.33. The van der Waals surface area contributed by atoms with E-state index >= 15 is 0 Å². The molecular formula is C12H11BrFN3O2. The molecule has 1 aromatic carbocycles. The summed E-state index contributed by atoms with van der Waals surface area (Å²) < 4.78 is 15.1. The van der Waals surface area contributed by atoms with Crippen LogP contribution in [-0.2, 0) is 13.0 Å². The molecule has 100 valence electrons. The topological polar surface area (TPSA) is 68.0 Å². The lowest BCUT2D eigenvalue weighted by atomic mass is 10.2. The summed E-state index contributed by atoms with van der Waals surface area (Å²) in [5.41, 5.74) is 1.31. The van der Waals surface area contributed by atoms with E-state index in [1.165, 1.54) is 16.8 Å². The second-order valence-corrected chi connectivity index (χ2v) is 4.79. The van der Waals surface area contributed by atoms with Gasteiger partial charge in [0.2, 0.25) is 0 Å². The molecule has 2 rings (SSSR count). The first-order chi connectivity index (χ1) is 9.02. The Morgan fingerprint density at radius 3 is 2.84 bits per heavy atom. The fourth-order valence-electron chi connectivity index (χ4n) is 1.79. The highest BCUT2D eigenvalue weighted by Gasteiger charge is 2.17. The van der Waals surface area contributed by atoms with E-state index in [0.717, 1.165) is 5.56 Å². The molecule has 0 radical (unpaired) electrons. The minimum Gasteiger partial charge on any atom is -0.476 e. The molecule has 2 aromatic rings. The molecule has 0 aliphatic heterocycles. The number of benzene rings is 1. The lowest BCUT2D eigenvalue weighted by Crippen LogP contribution is -2.09. The molecule has 5 nitrogen and oxygen atoms in total. The summed E-state index contributed by atoms with van der Waals surface area (Å²) in [7, 11) is 0. The van der Waals surface area contributed by atoms with Crippen LogP contribution in [0.2, 0.25) is 0 Å². The van der Waals surface area contributed by atoms with Crippen LogP contribution in [0.4, 0.5) is 4.39 Å². The fourth-order valence-corrected chi connectivity index (χ4v) is 2.26. The highest BCUT2D eigenvalue weighted by molar-refractivity contribution is 9.10. The lowest BCUT2D eigenvalue weighted by Gasteiger charge is -2.07. The maximum atomic E-state index is 13.0. The van der Waals surface area contributed by atoms with Gasteiger partial charge in [0.15, 0.2) is 5.69 Å². The molecule has 0 amide bonds. The first-order valence-electron chi connectivity index (χ1n) is 5.62. The summed E-state index contributed by atoms with van der Waals surface area (Å²) in [5, 5.41) is 16.5. The van der Waals surface area contributed by atoms with Crippen LogP contribution in [0, 0.1) is 5.82 Å². The maximum absolute atomic E-state index is 13.0. The van der Waals surface area contributed by atoms with Crippen LogP contribution in [0.3, 0.4) is 0 Å². The average molecular weight is 328 g/mol.